The molecule has 98 valence electrons. The van der Waals surface area contributed by atoms with Crippen LogP contribution in [-0.4, -0.2) is 30.1 Å². The number of rotatable bonds is 3. The van der Waals surface area contributed by atoms with E-state index in [0.717, 1.165) is 25.1 Å². The second-order valence-corrected chi connectivity index (χ2v) is 5.01. The van der Waals surface area contributed by atoms with Crippen molar-refractivity contribution >= 4 is 5.91 Å². The maximum Gasteiger partial charge on any atom is 0.251 e. The van der Waals surface area contributed by atoms with E-state index in [1.165, 1.54) is 0 Å². The molecule has 1 aromatic carbocycles. The van der Waals surface area contributed by atoms with Crippen LogP contribution in [0.2, 0.25) is 0 Å². The molecule has 0 aromatic heterocycles. The SMILES string of the molecule is Cc1cc(O)ccc1C(=O)NC(C)C1CCNC1. The number of aryl methyl sites for hydroxylation is 1. The van der Waals surface area contributed by atoms with Crippen molar-refractivity contribution in [3.8, 4) is 5.75 Å². The van der Waals surface area contributed by atoms with E-state index in [-0.39, 0.29) is 17.7 Å². The Labute approximate surface area is 107 Å². The van der Waals surface area contributed by atoms with Gasteiger partial charge in [-0.3, -0.25) is 4.79 Å². The third-order valence-corrected chi connectivity index (χ3v) is 3.62. The maximum atomic E-state index is 12.1. The summed E-state index contributed by atoms with van der Waals surface area (Å²) in [5.74, 6) is 0.635. The van der Waals surface area contributed by atoms with Gasteiger partial charge in [0.15, 0.2) is 0 Å². The number of amides is 1. The second kappa shape index (κ2) is 5.40. The highest BCUT2D eigenvalue weighted by molar-refractivity contribution is 5.95. The molecule has 1 amide bonds. The lowest BCUT2D eigenvalue weighted by Gasteiger charge is -2.20. The highest BCUT2D eigenvalue weighted by Crippen LogP contribution is 2.17. The van der Waals surface area contributed by atoms with E-state index in [4.69, 9.17) is 0 Å². The van der Waals surface area contributed by atoms with Crippen LogP contribution in [0.5, 0.6) is 5.75 Å². The van der Waals surface area contributed by atoms with E-state index in [1.54, 1.807) is 18.2 Å². The van der Waals surface area contributed by atoms with Gasteiger partial charge >= 0.3 is 0 Å². The van der Waals surface area contributed by atoms with Crippen molar-refractivity contribution in [2.24, 2.45) is 5.92 Å². The minimum Gasteiger partial charge on any atom is -0.508 e. The van der Waals surface area contributed by atoms with Crippen LogP contribution < -0.4 is 10.6 Å². The monoisotopic (exact) mass is 248 g/mol. The van der Waals surface area contributed by atoms with E-state index in [1.807, 2.05) is 13.8 Å². The number of benzene rings is 1. The van der Waals surface area contributed by atoms with Gasteiger partial charge in [-0.2, -0.15) is 0 Å². The van der Waals surface area contributed by atoms with Gasteiger partial charge in [0.05, 0.1) is 0 Å². The minimum atomic E-state index is -0.0631. The molecule has 2 unspecified atom stereocenters. The van der Waals surface area contributed by atoms with Crippen molar-refractivity contribution in [2.75, 3.05) is 13.1 Å². The summed E-state index contributed by atoms with van der Waals surface area (Å²) in [6, 6.07) is 4.99. The van der Waals surface area contributed by atoms with Crippen LogP contribution in [0.1, 0.15) is 29.3 Å². The van der Waals surface area contributed by atoms with Crippen molar-refractivity contribution in [2.45, 2.75) is 26.3 Å². The Balaban J connectivity index is 2.02. The molecule has 1 aromatic rings. The minimum absolute atomic E-state index is 0.0631. The van der Waals surface area contributed by atoms with E-state index in [2.05, 4.69) is 10.6 Å². The third-order valence-electron chi connectivity index (χ3n) is 3.62. The lowest BCUT2D eigenvalue weighted by Crippen LogP contribution is -2.39. The highest BCUT2D eigenvalue weighted by Gasteiger charge is 2.23. The van der Waals surface area contributed by atoms with Gasteiger partial charge in [0.1, 0.15) is 5.75 Å². The number of nitrogens with one attached hydrogen (secondary N) is 2. The van der Waals surface area contributed by atoms with Gasteiger partial charge in [-0.15, -0.1) is 0 Å². The highest BCUT2D eigenvalue weighted by atomic mass is 16.3. The molecule has 0 radical (unpaired) electrons. The first-order valence-corrected chi connectivity index (χ1v) is 6.39. The van der Waals surface area contributed by atoms with Crippen LogP contribution in [0, 0.1) is 12.8 Å². The molecule has 0 bridgehead atoms. The second-order valence-electron chi connectivity index (χ2n) is 5.01. The number of hydrogen-bond donors (Lipinski definition) is 3. The summed E-state index contributed by atoms with van der Waals surface area (Å²) in [6.07, 6.45) is 1.11. The Morgan fingerprint density at radius 1 is 1.56 bits per heavy atom. The molecule has 0 spiro atoms. The Kier molecular flexibility index (Phi) is 3.87. The summed E-state index contributed by atoms with van der Waals surface area (Å²) < 4.78 is 0. The molecular weight excluding hydrogens is 228 g/mol. The van der Waals surface area contributed by atoms with Crippen molar-refractivity contribution in [1.29, 1.82) is 0 Å². The van der Waals surface area contributed by atoms with Gasteiger partial charge in [0.2, 0.25) is 0 Å². The van der Waals surface area contributed by atoms with Crippen LogP contribution >= 0.6 is 0 Å². The molecular formula is C14H20N2O2. The summed E-state index contributed by atoms with van der Waals surface area (Å²) in [6.45, 7) is 5.88. The average Bonchev–Trinajstić information content (AvgIpc) is 2.81. The summed E-state index contributed by atoms with van der Waals surface area (Å²) in [4.78, 5) is 12.1. The molecule has 18 heavy (non-hydrogen) atoms. The molecule has 1 aliphatic heterocycles. The number of phenols is 1. The van der Waals surface area contributed by atoms with E-state index < -0.39 is 0 Å². The quantitative estimate of drug-likeness (QED) is 0.758. The Morgan fingerprint density at radius 3 is 2.94 bits per heavy atom. The van der Waals surface area contributed by atoms with Gasteiger partial charge in [0.25, 0.3) is 5.91 Å². The molecule has 1 aliphatic rings. The zero-order valence-corrected chi connectivity index (χ0v) is 10.9. The molecule has 3 N–H and O–H groups in total. The number of carbonyl (C=O) groups is 1. The van der Waals surface area contributed by atoms with Crippen molar-refractivity contribution in [3.05, 3.63) is 29.3 Å². The van der Waals surface area contributed by atoms with Gasteiger partial charge < -0.3 is 15.7 Å². The number of carbonyl (C=O) groups excluding carboxylic acids is 1. The number of hydrogen-bond acceptors (Lipinski definition) is 3. The van der Waals surface area contributed by atoms with E-state index in [9.17, 15) is 9.90 Å². The van der Waals surface area contributed by atoms with Crippen LogP contribution in [0.15, 0.2) is 18.2 Å². The predicted molar refractivity (Wildman–Crippen MR) is 70.7 cm³/mol. The van der Waals surface area contributed by atoms with E-state index in [0.29, 0.717) is 11.5 Å². The first-order chi connectivity index (χ1) is 8.58. The Morgan fingerprint density at radius 2 is 2.33 bits per heavy atom. The van der Waals surface area contributed by atoms with Gasteiger partial charge in [-0.1, -0.05) is 0 Å². The van der Waals surface area contributed by atoms with Gasteiger partial charge in [-0.25, -0.2) is 0 Å². The normalized spacial score (nSPS) is 20.7. The fourth-order valence-corrected chi connectivity index (χ4v) is 2.41. The summed E-state index contributed by atoms with van der Waals surface area (Å²) >= 11 is 0. The molecule has 4 nitrogen and oxygen atoms in total. The van der Waals surface area contributed by atoms with Gasteiger partial charge in [0, 0.05) is 11.6 Å². The number of phenolic OH excluding ortho intramolecular Hbond substituents is 1. The van der Waals surface area contributed by atoms with Crippen LogP contribution in [0.25, 0.3) is 0 Å². The average molecular weight is 248 g/mol. The smallest absolute Gasteiger partial charge is 0.251 e. The molecule has 0 aliphatic carbocycles. The molecule has 2 rings (SSSR count). The number of aromatic hydroxyl groups is 1. The van der Waals surface area contributed by atoms with Crippen LogP contribution in [-0.2, 0) is 0 Å². The van der Waals surface area contributed by atoms with Gasteiger partial charge in [-0.05, 0) is 63.0 Å². The topological polar surface area (TPSA) is 61.4 Å². The molecule has 2 atom stereocenters. The van der Waals surface area contributed by atoms with Crippen molar-refractivity contribution < 1.29 is 9.90 Å². The largest absolute Gasteiger partial charge is 0.508 e. The molecule has 1 heterocycles. The zero-order valence-electron chi connectivity index (χ0n) is 10.9. The molecule has 1 fully saturated rings. The molecule has 1 saturated heterocycles. The van der Waals surface area contributed by atoms with Crippen LogP contribution in [0.4, 0.5) is 0 Å². The van der Waals surface area contributed by atoms with E-state index >= 15 is 0 Å². The fraction of sp³-hybridized carbons (Fsp3) is 0.500. The Bertz CT molecular complexity index is 439. The molecule has 0 saturated carbocycles. The lowest BCUT2D eigenvalue weighted by atomic mass is 9.99. The fourth-order valence-electron chi connectivity index (χ4n) is 2.41. The predicted octanol–water partition coefficient (Wildman–Crippen LogP) is 1.43. The standard InChI is InChI=1S/C14H20N2O2/c1-9-7-12(17)3-4-13(9)14(18)16-10(2)11-5-6-15-8-11/h3-4,7,10-11,15,17H,5-6,8H2,1-2H3,(H,16,18). The van der Waals surface area contributed by atoms with Crippen LogP contribution in [0.3, 0.4) is 0 Å². The third kappa shape index (κ3) is 2.82. The summed E-state index contributed by atoms with van der Waals surface area (Å²) in [7, 11) is 0. The summed E-state index contributed by atoms with van der Waals surface area (Å²) in [5, 5.41) is 15.7. The lowest BCUT2D eigenvalue weighted by molar-refractivity contribution is 0.0928. The zero-order chi connectivity index (χ0) is 13.1. The maximum absolute atomic E-state index is 12.1. The molecule has 4 heteroatoms. The van der Waals surface area contributed by atoms with Crippen molar-refractivity contribution in [3.63, 3.8) is 0 Å². The first kappa shape index (κ1) is 12.9. The summed E-state index contributed by atoms with van der Waals surface area (Å²) in [5.41, 5.74) is 1.43. The van der Waals surface area contributed by atoms with Crippen molar-refractivity contribution in [1.82, 2.24) is 10.6 Å². The Hall–Kier alpha value is -1.55. The first-order valence-electron chi connectivity index (χ1n) is 6.39.